The summed E-state index contributed by atoms with van der Waals surface area (Å²) in [6, 6.07) is 9.25. The van der Waals surface area contributed by atoms with E-state index >= 15 is 0 Å². The van der Waals surface area contributed by atoms with Gasteiger partial charge in [0.05, 0.1) is 12.1 Å². The Balaban J connectivity index is 2.85. The Labute approximate surface area is 145 Å². The number of aliphatic hydroxyl groups is 1. The summed E-state index contributed by atoms with van der Waals surface area (Å²) in [5.41, 5.74) is 6.59. The Bertz CT molecular complexity index is 477. The van der Waals surface area contributed by atoms with Crippen molar-refractivity contribution < 1.29 is 14.6 Å². The van der Waals surface area contributed by atoms with E-state index in [2.05, 4.69) is 13.8 Å². The molecule has 0 bridgehead atoms. The quantitative estimate of drug-likeness (QED) is 0.727. The Morgan fingerprint density at radius 3 is 2.29 bits per heavy atom. The van der Waals surface area contributed by atoms with Crippen LogP contribution in [0.5, 0.6) is 0 Å². The molecule has 0 spiro atoms. The zero-order valence-electron chi connectivity index (χ0n) is 15.3. The van der Waals surface area contributed by atoms with Crippen LogP contribution in [0.25, 0.3) is 0 Å². The molecule has 3 N–H and O–H groups in total. The minimum atomic E-state index is -0.754. The Hall–Kier alpha value is -1.59. The summed E-state index contributed by atoms with van der Waals surface area (Å²) in [4.78, 5) is 14.3. The lowest BCUT2D eigenvalue weighted by Gasteiger charge is -2.36. The number of hydrogen-bond acceptors (Lipinski definition) is 4. The van der Waals surface area contributed by atoms with Crippen LogP contribution >= 0.6 is 0 Å². The minimum absolute atomic E-state index is 0.123. The van der Waals surface area contributed by atoms with E-state index in [0.29, 0.717) is 18.9 Å². The van der Waals surface area contributed by atoms with E-state index in [9.17, 15) is 9.90 Å². The second kappa shape index (κ2) is 10.3. The number of amides is 1. The van der Waals surface area contributed by atoms with Crippen molar-refractivity contribution in [3.63, 3.8) is 0 Å². The van der Waals surface area contributed by atoms with Crippen LogP contribution in [0.2, 0.25) is 0 Å². The number of aliphatic hydroxyl groups excluding tert-OH is 1. The number of nitrogens with two attached hydrogens (primary N) is 1. The van der Waals surface area contributed by atoms with Crippen LogP contribution in [0.1, 0.15) is 39.7 Å². The summed E-state index contributed by atoms with van der Waals surface area (Å²) < 4.78 is 5.48. The van der Waals surface area contributed by atoms with Gasteiger partial charge in [0.1, 0.15) is 6.61 Å². The van der Waals surface area contributed by atoms with E-state index in [1.54, 1.807) is 4.90 Å². The van der Waals surface area contributed by atoms with Crippen molar-refractivity contribution in [1.82, 2.24) is 4.90 Å². The summed E-state index contributed by atoms with van der Waals surface area (Å²) in [5.74, 6) is 0.613. The topological polar surface area (TPSA) is 75.8 Å². The number of carbonyl (C=O) groups is 1. The van der Waals surface area contributed by atoms with Gasteiger partial charge in [0.15, 0.2) is 0 Å². The highest BCUT2D eigenvalue weighted by Crippen LogP contribution is 2.18. The Morgan fingerprint density at radius 1 is 1.17 bits per heavy atom. The van der Waals surface area contributed by atoms with E-state index in [-0.39, 0.29) is 25.1 Å². The summed E-state index contributed by atoms with van der Waals surface area (Å²) in [6.45, 7) is 9.09. The Kier molecular flexibility index (Phi) is 8.79. The third kappa shape index (κ3) is 6.89. The molecule has 0 radical (unpaired) electrons. The minimum Gasteiger partial charge on any atom is -0.445 e. The molecule has 0 heterocycles. The largest absolute Gasteiger partial charge is 0.445 e. The molecule has 0 aromatic heterocycles. The highest BCUT2D eigenvalue weighted by molar-refractivity contribution is 5.68. The predicted octanol–water partition coefficient (Wildman–Crippen LogP) is 3.02. The van der Waals surface area contributed by atoms with Crippen LogP contribution in [-0.2, 0) is 11.3 Å². The molecule has 2 atom stereocenters. The van der Waals surface area contributed by atoms with Crippen molar-refractivity contribution >= 4 is 6.09 Å². The van der Waals surface area contributed by atoms with Gasteiger partial charge in [0.25, 0.3) is 0 Å². The fraction of sp³-hybridized carbons (Fsp3) is 0.632. The normalized spacial score (nSPS) is 13.8. The standard InChI is InChI=1S/C19H32N2O3/c1-14(2)10-17(18(22)11-20)21(12-15(3)4)19(23)24-13-16-8-6-5-7-9-16/h5-9,14-15,17-18,22H,10-13,20H2,1-4H3/t17-,18+/m0/s1. The number of carbonyl (C=O) groups excluding carboxylic acids is 1. The van der Waals surface area contributed by atoms with E-state index < -0.39 is 12.2 Å². The van der Waals surface area contributed by atoms with Crippen LogP contribution in [0.3, 0.4) is 0 Å². The van der Waals surface area contributed by atoms with Crippen LogP contribution in [0.4, 0.5) is 4.79 Å². The van der Waals surface area contributed by atoms with Crippen molar-refractivity contribution in [2.24, 2.45) is 17.6 Å². The van der Waals surface area contributed by atoms with Gasteiger partial charge in [-0.25, -0.2) is 4.79 Å². The first-order valence-corrected chi connectivity index (χ1v) is 8.70. The zero-order valence-corrected chi connectivity index (χ0v) is 15.3. The number of ether oxygens (including phenoxy) is 1. The molecule has 5 nitrogen and oxygen atoms in total. The van der Waals surface area contributed by atoms with Gasteiger partial charge >= 0.3 is 6.09 Å². The summed E-state index contributed by atoms with van der Waals surface area (Å²) in [6.07, 6.45) is -0.466. The molecule has 0 aliphatic heterocycles. The van der Waals surface area contributed by atoms with E-state index in [4.69, 9.17) is 10.5 Å². The van der Waals surface area contributed by atoms with Crippen molar-refractivity contribution in [2.45, 2.75) is 52.9 Å². The molecule has 0 aliphatic rings. The third-order valence-electron chi connectivity index (χ3n) is 3.80. The molecule has 24 heavy (non-hydrogen) atoms. The number of benzene rings is 1. The van der Waals surface area contributed by atoms with Crippen molar-refractivity contribution in [3.8, 4) is 0 Å². The zero-order chi connectivity index (χ0) is 18.1. The lowest BCUT2D eigenvalue weighted by molar-refractivity contribution is 0.0214. The molecule has 0 unspecified atom stereocenters. The molecule has 136 valence electrons. The van der Waals surface area contributed by atoms with Crippen LogP contribution in [0, 0.1) is 11.8 Å². The average molecular weight is 336 g/mol. The maximum atomic E-state index is 12.6. The molecule has 1 amide bonds. The summed E-state index contributed by atoms with van der Waals surface area (Å²) >= 11 is 0. The van der Waals surface area contributed by atoms with Crippen LogP contribution in [-0.4, -0.2) is 41.3 Å². The molecule has 1 aromatic rings. The van der Waals surface area contributed by atoms with Gasteiger partial charge in [-0.15, -0.1) is 0 Å². The maximum absolute atomic E-state index is 12.6. The maximum Gasteiger partial charge on any atom is 0.410 e. The van der Waals surface area contributed by atoms with E-state index in [1.165, 1.54) is 0 Å². The van der Waals surface area contributed by atoms with Gasteiger partial charge in [-0.3, -0.25) is 0 Å². The molecule has 0 aliphatic carbocycles. The number of rotatable bonds is 9. The monoisotopic (exact) mass is 336 g/mol. The van der Waals surface area contributed by atoms with Gasteiger partial charge in [-0.05, 0) is 23.8 Å². The molecular weight excluding hydrogens is 304 g/mol. The fourth-order valence-electron chi connectivity index (χ4n) is 2.67. The molecule has 5 heteroatoms. The number of hydrogen-bond donors (Lipinski definition) is 2. The van der Waals surface area contributed by atoms with Gasteiger partial charge in [-0.2, -0.15) is 0 Å². The molecule has 0 saturated heterocycles. The van der Waals surface area contributed by atoms with Crippen molar-refractivity contribution in [3.05, 3.63) is 35.9 Å². The van der Waals surface area contributed by atoms with Crippen LogP contribution in [0.15, 0.2) is 30.3 Å². The van der Waals surface area contributed by atoms with Crippen molar-refractivity contribution in [2.75, 3.05) is 13.1 Å². The predicted molar refractivity (Wildman–Crippen MR) is 96.5 cm³/mol. The van der Waals surface area contributed by atoms with E-state index in [0.717, 1.165) is 5.56 Å². The smallest absolute Gasteiger partial charge is 0.410 e. The lowest BCUT2D eigenvalue weighted by atomic mass is 9.97. The third-order valence-corrected chi connectivity index (χ3v) is 3.80. The summed E-state index contributed by atoms with van der Waals surface area (Å²) in [5, 5.41) is 10.3. The van der Waals surface area contributed by atoms with Gasteiger partial charge < -0.3 is 20.5 Å². The molecule has 0 saturated carbocycles. The highest BCUT2D eigenvalue weighted by atomic mass is 16.6. The van der Waals surface area contributed by atoms with Crippen LogP contribution < -0.4 is 5.73 Å². The SMILES string of the molecule is CC(C)C[C@@H]([C@H](O)CN)N(CC(C)C)C(=O)OCc1ccccc1. The molecule has 1 rings (SSSR count). The highest BCUT2D eigenvalue weighted by Gasteiger charge is 2.31. The molecule has 1 aromatic carbocycles. The van der Waals surface area contributed by atoms with Crippen molar-refractivity contribution in [1.29, 1.82) is 0 Å². The van der Waals surface area contributed by atoms with Gasteiger partial charge in [0.2, 0.25) is 0 Å². The lowest BCUT2D eigenvalue weighted by Crippen LogP contribution is -2.51. The Morgan fingerprint density at radius 2 is 1.79 bits per heavy atom. The first kappa shape index (κ1) is 20.5. The molecule has 0 fully saturated rings. The fourth-order valence-corrected chi connectivity index (χ4v) is 2.67. The number of nitrogens with zero attached hydrogens (tertiary/aromatic N) is 1. The second-order valence-electron chi connectivity index (χ2n) is 7.09. The van der Waals surface area contributed by atoms with E-state index in [1.807, 2.05) is 44.2 Å². The average Bonchev–Trinajstić information content (AvgIpc) is 2.55. The van der Waals surface area contributed by atoms with Gasteiger partial charge in [0, 0.05) is 13.1 Å². The molecular formula is C19H32N2O3. The first-order chi connectivity index (χ1) is 11.3. The van der Waals surface area contributed by atoms with Gasteiger partial charge in [-0.1, -0.05) is 58.0 Å². The first-order valence-electron chi connectivity index (χ1n) is 8.70. The second-order valence-corrected chi connectivity index (χ2v) is 7.09. The summed E-state index contributed by atoms with van der Waals surface area (Å²) in [7, 11) is 0.